The molecule has 0 aliphatic rings. The van der Waals surface area contributed by atoms with Crippen LogP contribution in [0.2, 0.25) is 0 Å². The van der Waals surface area contributed by atoms with E-state index in [9.17, 15) is 4.79 Å². The van der Waals surface area contributed by atoms with Gasteiger partial charge in [-0.25, -0.2) is 0 Å². The first kappa shape index (κ1) is 30.2. The van der Waals surface area contributed by atoms with Gasteiger partial charge in [0.2, 0.25) is 0 Å². The van der Waals surface area contributed by atoms with Gasteiger partial charge in [-0.15, -0.1) is 0 Å². The zero-order chi connectivity index (χ0) is 24.4. The topological polar surface area (TPSA) is 63.2 Å². The molecule has 1 unspecified atom stereocenters. The van der Waals surface area contributed by atoms with Crippen molar-refractivity contribution in [3.8, 4) is 28.7 Å². The van der Waals surface area contributed by atoms with E-state index in [1.807, 2.05) is 18.2 Å². The van der Waals surface area contributed by atoms with Crippen molar-refractivity contribution < 1.29 is 48.8 Å². The molecular formula is C26H38LiO6P. The molecule has 0 saturated heterocycles. The fraction of sp³-hybridized carbons (Fsp3) is 0.500. The number of rotatable bonds is 14. The molecule has 0 radical (unpaired) electrons. The predicted molar refractivity (Wildman–Crippen MR) is 136 cm³/mol. The number of hydrogen-bond acceptors (Lipinski definition) is 6. The second-order valence-corrected chi connectivity index (χ2v) is 9.82. The van der Waals surface area contributed by atoms with Crippen molar-refractivity contribution in [2.24, 2.45) is 11.8 Å². The zero-order valence-electron chi connectivity index (χ0n) is 22.8. The van der Waals surface area contributed by atoms with Gasteiger partial charge in [0.25, 0.3) is 0 Å². The second kappa shape index (κ2) is 15.2. The van der Waals surface area contributed by atoms with Gasteiger partial charge in [-0.05, 0) is 45.4 Å². The van der Waals surface area contributed by atoms with Crippen LogP contribution in [0.3, 0.4) is 0 Å². The first-order valence-electron chi connectivity index (χ1n) is 11.3. The molecule has 0 spiro atoms. The third-order valence-corrected chi connectivity index (χ3v) is 6.22. The number of benzene rings is 2. The molecule has 0 bridgehead atoms. The minimum atomic E-state index is -0.169. The van der Waals surface area contributed by atoms with E-state index in [1.165, 1.54) is 14.2 Å². The fourth-order valence-corrected chi connectivity index (χ4v) is 4.10. The summed E-state index contributed by atoms with van der Waals surface area (Å²) in [5.74, 6) is 3.91. The van der Waals surface area contributed by atoms with Crippen molar-refractivity contribution in [3.05, 3.63) is 35.9 Å². The summed E-state index contributed by atoms with van der Waals surface area (Å²) in [7, 11) is 4.44. The van der Waals surface area contributed by atoms with Gasteiger partial charge in [-0.1, -0.05) is 27.7 Å². The van der Waals surface area contributed by atoms with E-state index in [2.05, 4.69) is 27.7 Å². The maximum atomic E-state index is 13.4. The number of hydrogen-bond donors (Lipinski definition) is 0. The molecule has 0 amide bonds. The van der Waals surface area contributed by atoms with Crippen LogP contribution in [0.15, 0.2) is 30.3 Å². The summed E-state index contributed by atoms with van der Waals surface area (Å²) in [5.41, 5.74) is 0.290. The summed E-state index contributed by atoms with van der Waals surface area (Å²) in [4.78, 5) is 13.4. The van der Waals surface area contributed by atoms with Crippen molar-refractivity contribution >= 4 is 19.4 Å². The van der Waals surface area contributed by atoms with Crippen molar-refractivity contribution in [1.82, 2.24) is 0 Å². The van der Waals surface area contributed by atoms with Gasteiger partial charge in [0.1, 0.15) is 34.3 Å². The van der Waals surface area contributed by atoms with E-state index >= 15 is 0 Å². The van der Waals surface area contributed by atoms with Gasteiger partial charge < -0.3 is 25.1 Å². The van der Waals surface area contributed by atoms with Crippen LogP contribution in [0.4, 0.5) is 0 Å². The van der Waals surface area contributed by atoms with Gasteiger partial charge in [0.05, 0.1) is 34.5 Å². The molecule has 2 aromatic carbocycles. The van der Waals surface area contributed by atoms with Gasteiger partial charge in [0.15, 0.2) is 5.52 Å². The maximum Gasteiger partial charge on any atom is 1.00 e. The van der Waals surface area contributed by atoms with E-state index < -0.39 is 0 Å². The third-order valence-electron chi connectivity index (χ3n) is 5.06. The average molecular weight is 484 g/mol. The molecule has 0 heterocycles. The summed E-state index contributed by atoms with van der Waals surface area (Å²) in [5, 5.41) is 0.819. The van der Waals surface area contributed by atoms with Crippen LogP contribution in [-0.2, 0) is 0 Å². The Morgan fingerprint density at radius 3 is 1.82 bits per heavy atom. The molecule has 34 heavy (non-hydrogen) atoms. The Hall–Kier alpha value is -1.86. The molecule has 2 aromatic rings. The van der Waals surface area contributed by atoms with E-state index in [4.69, 9.17) is 23.7 Å². The Morgan fingerprint density at radius 2 is 1.32 bits per heavy atom. The van der Waals surface area contributed by atoms with Gasteiger partial charge >= 0.3 is 18.9 Å². The summed E-state index contributed by atoms with van der Waals surface area (Å²) in [6, 6.07) is 9.07. The number of ether oxygens (including phenoxy) is 5. The first-order valence-corrected chi connectivity index (χ1v) is 12.3. The summed E-state index contributed by atoms with van der Waals surface area (Å²) in [6.07, 6.45) is 1.90. The van der Waals surface area contributed by atoms with Crippen LogP contribution in [0.5, 0.6) is 28.7 Å². The van der Waals surface area contributed by atoms with E-state index in [0.29, 0.717) is 53.6 Å². The largest absolute Gasteiger partial charge is 1.00 e. The van der Waals surface area contributed by atoms with Crippen molar-refractivity contribution in [3.63, 3.8) is 0 Å². The van der Waals surface area contributed by atoms with Gasteiger partial charge in [-0.3, -0.25) is 4.79 Å². The molecule has 0 aliphatic heterocycles. The molecule has 0 fully saturated rings. The van der Waals surface area contributed by atoms with Crippen molar-refractivity contribution in [2.75, 3.05) is 34.5 Å². The van der Waals surface area contributed by atoms with Crippen LogP contribution in [0.1, 0.15) is 52.3 Å². The molecule has 0 aliphatic carbocycles. The molecule has 2 rings (SSSR count). The Balaban J connectivity index is 0.00000578. The summed E-state index contributed by atoms with van der Waals surface area (Å²) < 4.78 is 28.2. The molecule has 0 saturated carbocycles. The quantitative estimate of drug-likeness (QED) is 0.304. The summed E-state index contributed by atoms with van der Waals surface area (Å²) >= 11 is 0. The van der Waals surface area contributed by atoms with E-state index in [0.717, 1.165) is 23.9 Å². The second-order valence-electron chi connectivity index (χ2n) is 8.58. The molecule has 0 aromatic heterocycles. The molecule has 1 atom stereocenters. The first-order chi connectivity index (χ1) is 15.8. The third kappa shape index (κ3) is 9.06. The van der Waals surface area contributed by atoms with Crippen LogP contribution >= 0.6 is 8.58 Å². The molecular weight excluding hydrogens is 446 g/mol. The SMILES string of the molecule is COc1cc(OC)c(C(=O)Pc2ccc(OCCC(C)C)cc2OCCC(C)C)c(OC)c1.[H-].[Li+]. The van der Waals surface area contributed by atoms with Crippen LogP contribution in [-0.4, -0.2) is 40.1 Å². The van der Waals surface area contributed by atoms with Crippen LogP contribution < -0.4 is 47.8 Å². The average Bonchev–Trinajstić information content (AvgIpc) is 2.78. The minimum Gasteiger partial charge on any atom is -1.00 e. The summed E-state index contributed by atoms with van der Waals surface area (Å²) in [6.45, 7) is 9.87. The fourth-order valence-electron chi connectivity index (χ4n) is 3.05. The molecule has 184 valence electrons. The van der Waals surface area contributed by atoms with Gasteiger partial charge in [0, 0.05) is 23.5 Å². The monoisotopic (exact) mass is 484 g/mol. The Bertz CT molecular complexity index is 898. The van der Waals surface area contributed by atoms with Crippen molar-refractivity contribution in [1.29, 1.82) is 0 Å². The molecule has 0 N–H and O–H groups in total. The van der Waals surface area contributed by atoms with Crippen LogP contribution in [0.25, 0.3) is 0 Å². The number of carbonyl (C=O) groups is 1. The Morgan fingerprint density at radius 1 is 0.794 bits per heavy atom. The predicted octanol–water partition coefficient (Wildman–Crippen LogP) is 2.82. The normalized spacial score (nSPS) is 11.0. The standard InChI is InChI=1S/C26H37O6P.Li.H/c1-17(2)10-12-31-19-8-9-24(21(14-19)32-13-11-18(3)4)33-26(27)25-22(29-6)15-20(28-5)16-23(25)30-7;;/h8-9,14-18,33H,10-13H2,1-7H3;;/q;+1;-1. The Kier molecular flexibility index (Phi) is 13.5. The van der Waals surface area contributed by atoms with E-state index in [-0.39, 0.29) is 34.4 Å². The smallest absolute Gasteiger partial charge is 1.00 e. The molecule has 8 heteroatoms. The number of methoxy groups -OCH3 is 3. The zero-order valence-corrected chi connectivity index (χ0v) is 22.8. The number of carbonyl (C=O) groups excluding carboxylic acids is 1. The Labute approximate surface area is 219 Å². The maximum absolute atomic E-state index is 13.4. The van der Waals surface area contributed by atoms with Gasteiger partial charge in [-0.2, -0.15) is 0 Å². The minimum absolute atomic E-state index is 0. The molecule has 6 nitrogen and oxygen atoms in total. The van der Waals surface area contributed by atoms with Crippen molar-refractivity contribution in [2.45, 2.75) is 40.5 Å². The van der Waals surface area contributed by atoms with E-state index in [1.54, 1.807) is 19.2 Å². The van der Waals surface area contributed by atoms with Crippen LogP contribution in [0, 0.1) is 11.8 Å².